The van der Waals surface area contributed by atoms with Gasteiger partial charge in [-0.3, -0.25) is 9.36 Å². The van der Waals surface area contributed by atoms with Gasteiger partial charge in [0.25, 0.3) is 5.56 Å². The molecule has 0 aliphatic rings. The van der Waals surface area contributed by atoms with Gasteiger partial charge in [-0.25, -0.2) is 0 Å². The number of aryl methyl sites for hydroxylation is 2. The van der Waals surface area contributed by atoms with Gasteiger partial charge in [0.15, 0.2) is 0 Å². The molecule has 0 bridgehead atoms. The summed E-state index contributed by atoms with van der Waals surface area (Å²) in [6.07, 6.45) is 1.83. The highest BCUT2D eigenvalue weighted by Crippen LogP contribution is 2.08. The van der Waals surface area contributed by atoms with E-state index in [2.05, 4.69) is 0 Å². The minimum atomic E-state index is 0.0591. The van der Waals surface area contributed by atoms with E-state index in [0.29, 0.717) is 0 Å². The van der Waals surface area contributed by atoms with E-state index < -0.39 is 0 Å². The SMILES string of the molecule is Cc1ccc(-n2ccc(C)c(C)c2=O)cc1. The molecule has 0 aliphatic carbocycles. The summed E-state index contributed by atoms with van der Waals surface area (Å²) in [5.74, 6) is 0. The maximum atomic E-state index is 12.0. The molecule has 0 saturated carbocycles. The Labute approximate surface area is 95.2 Å². The highest BCUT2D eigenvalue weighted by atomic mass is 16.1. The number of hydrogen-bond acceptors (Lipinski definition) is 1. The maximum Gasteiger partial charge on any atom is 0.258 e. The van der Waals surface area contributed by atoms with Crippen LogP contribution < -0.4 is 5.56 Å². The zero-order chi connectivity index (χ0) is 11.7. The van der Waals surface area contributed by atoms with Crippen molar-refractivity contribution in [1.29, 1.82) is 0 Å². The topological polar surface area (TPSA) is 22.0 Å². The van der Waals surface area contributed by atoms with E-state index in [-0.39, 0.29) is 5.56 Å². The van der Waals surface area contributed by atoms with Crippen molar-refractivity contribution in [3.8, 4) is 5.69 Å². The summed E-state index contributed by atoms with van der Waals surface area (Å²) in [5, 5.41) is 0. The van der Waals surface area contributed by atoms with E-state index in [0.717, 1.165) is 16.8 Å². The number of benzene rings is 1. The highest BCUT2D eigenvalue weighted by molar-refractivity contribution is 5.36. The molecule has 1 aromatic heterocycles. The first kappa shape index (κ1) is 10.7. The smallest absolute Gasteiger partial charge is 0.258 e. The van der Waals surface area contributed by atoms with E-state index in [1.54, 1.807) is 4.57 Å². The van der Waals surface area contributed by atoms with Gasteiger partial charge in [-0.1, -0.05) is 17.7 Å². The van der Waals surface area contributed by atoms with Gasteiger partial charge in [-0.05, 0) is 44.5 Å². The summed E-state index contributed by atoms with van der Waals surface area (Å²) in [6.45, 7) is 5.85. The molecule has 0 aliphatic heterocycles. The maximum absolute atomic E-state index is 12.0. The monoisotopic (exact) mass is 213 g/mol. The lowest BCUT2D eigenvalue weighted by Crippen LogP contribution is -2.20. The second kappa shape index (κ2) is 3.97. The normalized spacial score (nSPS) is 10.4. The molecule has 2 rings (SSSR count). The minimum absolute atomic E-state index is 0.0591. The minimum Gasteiger partial charge on any atom is -0.284 e. The Balaban J connectivity index is 2.61. The lowest BCUT2D eigenvalue weighted by molar-refractivity contribution is 0.958. The molecule has 16 heavy (non-hydrogen) atoms. The summed E-state index contributed by atoms with van der Waals surface area (Å²) in [7, 11) is 0. The molecular formula is C14H15NO. The molecule has 0 amide bonds. The van der Waals surface area contributed by atoms with Crippen molar-refractivity contribution < 1.29 is 0 Å². The van der Waals surface area contributed by atoms with Crippen LogP contribution in [0.15, 0.2) is 41.3 Å². The van der Waals surface area contributed by atoms with E-state index >= 15 is 0 Å². The zero-order valence-electron chi connectivity index (χ0n) is 9.82. The summed E-state index contributed by atoms with van der Waals surface area (Å²) in [6, 6.07) is 9.92. The van der Waals surface area contributed by atoms with Crippen LogP contribution in [0.4, 0.5) is 0 Å². The van der Waals surface area contributed by atoms with Crippen LogP contribution in [0.1, 0.15) is 16.7 Å². The van der Waals surface area contributed by atoms with Gasteiger partial charge in [0.1, 0.15) is 0 Å². The number of pyridine rings is 1. The Morgan fingerprint density at radius 3 is 2.19 bits per heavy atom. The predicted molar refractivity (Wildman–Crippen MR) is 66.3 cm³/mol. The second-order valence-corrected chi connectivity index (χ2v) is 4.13. The van der Waals surface area contributed by atoms with Crippen molar-refractivity contribution in [3.63, 3.8) is 0 Å². The Hall–Kier alpha value is -1.83. The van der Waals surface area contributed by atoms with Gasteiger partial charge in [-0.15, -0.1) is 0 Å². The molecule has 1 aromatic carbocycles. The van der Waals surface area contributed by atoms with Crippen LogP contribution in [-0.2, 0) is 0 Å². The van der Waals surface area contributed by atoms with Gasteiger partial charge in [0.05, 0.1) is 0 Å². The average Bonchev–Trinajstić information content (AvgIpc) is 2.28. The third kappa shape index (κ3) is 1.78. The first-order valence-corrected chi connectivity index (χ1v) is 5.35. The van der Waals surface area contributed by atoms with Gasteiger partial charge < -0.3 is 0 Å². The molecule has 0 atom stereocenters. The molecule has 82 valence electrons. The van der Waals surface area contributed by atoms with Gasteiger partial charge in [-0.2, -0.15) is 0 Å². The third-order valence-corrected chi connectivity index (χ3v) is 2.92. The fraction of sp³-hybridized carbons (Fsp3) is 0.214. The average molecular weight is 213 g/mol. The standard InChI is InChI=1S/C14H15NO/c1-10-4-6-13(7-5-10)15-9-8-11(2)12(3)14(15)16/h4-9H,1-3H3. The van der Waals surface area contributed by atoms with E-state index in [9.17, 15) is 4.79 Å². The summed E-state index contributed by atoms with van der Waals surface area (Å²) < 4.78 is 1.68. The van der Waals surface area contributed by atoms with Crippen molar-refractivity contribution in [2.75, 3.05) is 0 Å². The first-order chi connectivity index (χ1) is 7.59. The third-order valence-electron chi connectivity index (χ3n) is 2.92. The number of rotatable bonds is 1. The lowest BCUT2D eigenvalue weighted by Gasteiger charge is -2.08. The van der Waals surface area contributed by atoms with Crippen LogP contribution >= 0.6 is 0 Å². The molecule has 0 N–H and O–H groups in total. The highest BCUT2D eigenvalue weighted by Gasteiger charge is 2.03. The number of nitrogens with zero attached hydrogens (tertiary/aromatic N) is 1. The summed E-state index contributed by atoms with van der Waals surface area (Å²) in [5.41, 5.74) is 4.01. The second-order valence-electron chi connectivity index (χ2n) is 4.13. The number of aromatic nitrogens is 1. The van der Waals surface area contributed by atoms with Crippen LogP contribution in [0.3, 0.4) is 0 Å². The van der Waals surface area contributed by atoms with Crippen molar-refractivity contribution in [1.82, 2.24) is 4.57 Å². The van der Waals surface area contributed by atoms with Crippen LogP contribution in [0.5, 0.6) is 0 Å². The van der Waals surface area contributed by atoms with Gasteiger partial charge >= 0.3 is 0 Å². The fourth-order valence-corrected chi connectivity index (χ4v) is 1.64. The largest absolute Gasteiger partial charge is 0.284 e. The van der Waals surface area contributed by atoms with Gasteiger partial charge in [0.2, 0.25) is 0 Å². The zero-order valence-corrected chi connectivity index (χ0v) is 9.82. The summed E-state index contributed by atoms with van der Waals surface area (Å²) >= 11 is 0. The predicted octanol–water partition coefficient (Wildman–Crippen LogP) is 2.76. The molecule has 2 nitrogen and oxygen atoms in total. The fourth-order valence-electron chi connectivity index (χ4n) is 1.64. The molecule has 2 heteroatoms. The lowest BCUT2D eigenvalue weighted by atomic mass is 10.1. The Bertz CT molecular complexity index is 564. The molecule has 2 aromatic rings. The van der Waals surface area contributed by atoms with Crippen molar-refractivity contribution in [3.05, 3.63) is 63.6 Å². The van der Waals surface area contributed by atoms with Crippen LogP contribution in [0.25, 0.3) is 5.69 Å². The molecule has 0 radical (unpaired) electrons. The quantitative estimate of drug-likeness (QED) is 0.714. The molecule has 0 spiro atoms. The van der Waals surface area contributed by atoms with Crippen LogP contribution in [0, 0.1) is 20.8 Å². The Morgan fingerprint density at radius 1 is 0.938 bits per heavy atom. The van der Waals surface area contributed by atoms with Gasteiger partial charge in [0, 0.05) is 17.4 Å². The van der Waals surface area contributed by atoms with Crippen LogP contribution in [-0.4, -0.2) is 4.57 Å². The number of hydrogen-bond donors (Lipinski definition) is 0. The van der Waals surface area contributed by atoms with Crippen molar-refractivity contribution >= 4 is 0 Å². The molecule has 0 saturated heterocycles. The molecule has 0 unspecified atom stereocenters. The van der Waals surface area contributed by atoms with E-state index in [1.807, 2.05) is 57.3 Å². The summed E-state index contributed by atoms with van der Waals surface area (Å²) in [4.78, 5) is 12.0. The van der Waals surface area contributed by atoms with E-state index in [1.165, 1.54) is 5.56 Å². The Kier molecular flexibility index (Phi) is 2.65. The van der Waals surface area contributed by atoms with Crippen molar-refractivity contribution in [2.45, 2.75) is 20.8 Å². The first-order valence-electron chi connectivity index (χ1n) is 5.35. The van der Waals surface area contributed by atoms with E-state index in [4.69, 9.17) is 0 Å². The Morgan fingerprint density at radius 2 is 1.56 bits per heavy atom. The molecule has 0 fully saturated rings. The van der Waals surface area contributed by atoms with Crippen molar-refractivity contribution in [2.24, 2.45) is 0 Å². The van der Waals surface area contributed by atoms with Crippen LogP contribution in [0.2, 0.25) is 0 Å². The molecular weight excluding hydrogens is 198 g/mol. The molecule has 1 heterocycles.